The Balaban J connectivity index is 2.82. The van der Waals surface area contributed by atoms with Crippen LogP contribution in [-0.2, 0) is 4.79 Å². The molecule has 0 aliphatic carbocycles. The third kappa shape index (κ3) is 1.94. The molecule has 5 nitrogen and oxygen atoms in total. The summed E-state index contributed by atoms with van der Waals surface area (Å²) in [5.41, 5.74) is 0. The van der Waals surface area contributed by atoms with Crippen LogP contribution in [0.15, 0.2) is 5.29 Å². The van der Waals surface area contributed by atoms with Gasteiger partial charge in [-0.3, -0.25) is 9.80 Å². The van der Waals surface area contributed by atoms with E-state index in [0.717, 1.165) is 0 Å². The van der Waals surface area contributed by atoms with Crippen LogP contribution in [0.5, 0.6) is 0 Å². The summed E-state index contributed by atoms with van der Waals surface area (Å²) in [5, 5.41) is 11.4. The van der Waals surface area contributed by atoms with Crippen LogP contribution in [0.4, 0.5) is 13.2 Å². The molecule has 0 aromatic rings. The van der Waals surface area contributed by atoms with Crippen molar-refractivity contribution in [1.82, 2.24) is 5.01 Å². The Hall–Kier alpha value is -1.34. The Bertz CT molecular complexity index is 255. The van der Waals surface area contributed by atoms with Crippen molar-refractivity contribution in [1.29, 1.82) is 0 Å². The van der Waals surface area contributed by atoms with Crippen molar-refractivity contribution in [3.05, 3.63) is 4.91 Å². The standard InChI is InChI=1S/C6H7F3N2O3/c7-6(8,9)4-2-11(10-14)1-3(4)5(12)13/h3-4H,1-2H2,(H,12,13). The van der Waals surface area contributed by atoms with E-state index in [0.29, 0.717) is 5.01 Å². The van der Waals surface area contributed by atoms with Gasteiger partial charge in [-0.05, 0) is 0 Å². The van der Waals surface area contributed by atoms with E-state index in [1.54, 1.807) is 0 Å². The fourth-order valence-corrected chi connectivity index (χ4v) is 1.43. The van der Waals surface area contributed by atoms with Gasteiger partial charge in [0.2, 0.25) is 0 Å². The van der Waals surface area contributed by atoms with Crippen LogP contribution in [0.3, 0.4) is 0 Å². The summed E-state index contributed by atoms with van der Waals surface area (Å²) in [4.78, 5) is 20.4. The average Bonchev–Trinajstić information content (AvgIpc) is 2.46. The van der Waals surface area contributed by atoms with E-state index in [1.807, 2.05) is 0 Å². The van der Waals surface area contributed by atoms with Crippen LogP contribution >= 0.6 is 0 Å². The second kappa shape index (κ2) is 3.43. The molecule has 80 valence electrons. The highest BCUT2D eigenvalue weighted by Crippen LogP contribution is 2.37. The Morgan fingerprint density at radius 1 is 1.43 bits per heavy atom. The van der Waals surface area contributed by atoms with Crippen LogP contribution in [0.1, 0.15) is 0 Å². The third-order valence-electron chi connectivity index (χ3n) is 2.15. The number of alkyl halides is 3. The van der Waals surface area contributed by atoms with Crippen molar-refractivity contribution in [2.24, 2.45) is 17.1 Å². The SMILES string of the molecule is O=NN1CC(C(=O)O)C(C(F)(F)F)C1. The first kappa shape index (κ1) is 10.7. The fraction of sp³-hybridized carbons (Fsp3) is 0.833. The molecule has 2 unspecified atom stereocenters. The van der Waals surface area contributed by atoms with E-state index in [4.69, 9.17) is 5.11 Å². The van der Waals surface area contributed by atoms with Gasteiger partial charge in [0.25, 0.3) is 0 Å². The van der Waals surface area contributed by atoms with E-state index in [9.17, 15) is 22.9 Å². The molecule has 0 amide bonds. The number of nitroso groups, excluding NO2 is 1. The predicted octanol–water partition coefficient (Wildman–Crippen LogP) is 0.863. The monoisotopic (exact) mass is 212 g/mol. The lowest BCUT2D eigenvalue weighted by molar-refractivity contribution is -0.188. The Morgan fingerprint density at radius 2 is 2.00 bits per heavy atom. The maximum absolute atomic E-state index is 12.2. The zero-order chi connectivity index (χ0) is 10.9. The minimum absolute atomic E-state index is 0.483. The molecule has 1 fully saturated rings. The maximum Gasteiger partial charge on any atom is 0.394 e. The molecule has 0 spiro atoms. The summed E-state index contributed by atoms with van der Waals surface area (Å²) >= 11 is 0. The molecule has 1 aliphatic heterocycles. The number of hydrogen-bond donors (Lipinski definition) is 1. The minimum atomic E-state index is -4.61. The second-order valence-electron chi connectivity index (χ2n) is 3.05. The van der Waals surface area contributed by atoms with Gasteiger partial charge in [-0.1, -0.05) is 0 Å². The van der Waals surface area contributed by atoms with Crippen molar-refractivity contribution in [2.45, 2.75) is 6.18 Å². The van der Waals surface area contributed by atoms with Gasteiger partial charge >= 0.3 is 12.1 Å². The normalized spacial score (nSPS) is 27.8. The number of rotatable bonds is 2. The van der Waals surface area contributed by atoms with E-state index in [1.165, 1.54) is 0 Å². The summed E-state index contributed by atoms with van der Waals surface area (Å²) in [6.45, 7) is -1.16. The molecular formula is C6H7F3N2O3. The maximum atomic E-state index is 12.2. The molecular weight excluding hydrogens is 205 g/mol. The fourth-order valence-electron chi connectivity index (χ4n) is 1.43. The minimum Gasteiger partial charge on any atom is -0.481 e. The van der Waals surface area contributed by atoms with Gasteiger partial charge < -0.3 is 5.11 Å². The smallest absolute Gasteiger partial charge is 0.394 e. The summed E-state index contributed by atoms with van der Waals surface area (Å²) in [6, 6.07) is 0. The molecule has 0 aromatic heterocycles. The van der Waals surface area contributed by atoms with Crippen molar-refractivity contribution >= 4 is 5.97 Å². The van der Waals surface area contributed by atoms with E-state index in [2.05, 4.69) is 5.29 Å². The largest absolute Gasteiger partial charge is 0.481 e. The van der Waals surface area contributed by atoms with Crippen LogP contribution in [0.2, 0.25) is 0 Å². The molecule has 14 heavy (non-hydrogen) atoms. The number of halogens is 3. The highest BCUT2D eigenvalue weighted by molar-refractivity contribution is 5.71. The quantitative estimate of drug-likeness (QED) is 0.689. The molecule has 1 aliphatic rings. The van der Waals surface area contributed by atoms with Gasteiger partial charge in [-0.15, -0.1) is 4.91 Å². The summed E-state index contributed by atoms with van der Waals surface area (Å²) in [5.74, 6) is -5.18. The first-order valence-corrected chi connectivity index (χ1v) is 3.74. The zero-order valence-electron chi connectivity index (χ0n) is 6.86. The molecule has 1 N–H and O–H groups in total. The van der Waals surface area contributed by atoms with Crippen LogP contribution in [0.25, 0.3) is 0 Å². The summed E-state index contributed by atoms with van der Waals surface area (Å²) < 4.78 is 36.7. The average molecular weight is 212 g/mol. The van der Waals surface area contributed by atoms with Gasteiger partial charge in [-0.2, -0.15) is 13.2 Å². The Morgan fingerprint density at radius 3 is 2.29 bits per heavy atom. The highest BCUT2D eigenvalue weighted by atomic mass is 19.4. The third-order valence-corrected chi connectivity index (χ3v) is 2.15. The van der Waals surface area contributed by atoms with Crippen LogP contribution in [0, 0.1) is 16.7 Å². The molecule has 1 rings (SSSR count). The number of carboxylic acid groups (broad SMARTS) is 1. The molecule has 8 heteroatoms. The number of nitrogens with zero attached hydrogens (tertiary/aromatic N) is 2. The summed E-state index contributed by atoms with van der Waals surface area (Å²) in [6.07, 6.45) is -4.61. The molecule has 0 radical (unpaired) electrons. The number of aliphatic carboxylic acids is 1. The second-order valence-corrected chi connectivity index (χ2v) is 3.05. The van der Waals surface area contributed by atoms with E-state index >= 15 is 0 Å². The lowest BCUT2D eigenvalue weighted by atomic mass is 9.96. The number of carboxylic acids is 1. The Labute approximate surface area is 76.4 Å². The van der Waals surface area contributed by atoms with Crippen LogP contribution < -0.4 is 0 Å². The number of carbonyl (C=O) groups is 1. The van der Waals surface area contributed by atoms with Gasteiger partial charge in [0.05, 0.1) is 30.2 Å². The van der Waals surface area contributed by atoms with Crippen molar-refractivity contribution in [3.63, 3.8) is 0 Å². The highest BCUT2D eigenvalue weighted by Gasteiger charge is 2.53. The van der Waals surface area contributed by atoms with Gasteiger partial charge in [0.15, 0.2) is 0 Å². The van der Waals surface area contributed by atoms with Crippen molar-refractivity contribution < 1.29 is 23.1 Å². The predicted molar refractivity (Wildman–Crippen MR) is 38.0 cm³/mol. The molecule has 0 saturated carbocycles. The van der Waals surface area contributed by atoms with Gasteiger partial charge in [0, 0.05) is 0 Å². The zero-order valence-corrected chi connectivity index (χ0v) is 6.86. The van der Waals surface area contributed by atoms with Crippen molar-refractivity contribution in [3.8, 4) is 0 Å². The molecule has 2 atom stereocenters. The summed E-state index contributed by atoms with van der Waals surface area (Å²) in [7, 11) is 0. The van der Waals surface area contributed by atoms with E-state index in [-0.39, 0.29) is 0 Å². The lowest BCUT2D eigenvalue weighted by Gasteiger charge is -2.16. The number of hydrogen-bond acceptors (Lipinski definition) is 3. The van der Waals surface area contributed by atoms with Crippen LogP contribution in [-0.4, -0.2) is 35.4 Å². The first-order valence-electron chi connectivity index (χ1n) is 3.74. The first-order chi connectivity index (χ1) is 6.36. The lowest BCUT2D eigenvalue weighted by Crippen LogP contribution is -2.33. The Kier molecular flexibility index (Phi) is 2.63. The molecule has 1 saturated heterocycles. The van der Waals surface area contributed by atoms with E-state index < -0.39 is 37.1 Å². The topological polar surface area (TPSA) is 70.0 Å². The molecule has 0 aromatic carbocycles. The van der Waals surface area contributed by atoms with Gasteiger partial charge in [-0.25, -0.2) is 0 Å². The molecule has 1 heterocycles. The van der Waals surface area contributed by atoms with Crippen molar-refractivity contribution in [2.75, 3.05) is 13.1 Å². The van der Waals surface area contributed by atoms with Gasteiger partial charge in [0.1, 0.15) is 0 Å². The molecule has 0 bridgehead atoms.